The number of hydrogen-bond donors (Lipinski definition) is 1. The van der Waals surface area contributed by atoms with Crippen molar-refractivity contribution < 1.29 is 9.53 Å². The summed E-state index contributed by atoms with van der Waals surface area (Å²) in [6.45, 7) is 1.38. The molecule has 104 valence electrons. The van der Waals surface area contributed by atoms with Crippen molar-refractivity contribution in [2.45, 2.75) is 5.92 Å². The smallest absolute Gasteiger partial charge is 0.310 e. The van der Waals surface area contributed by atoms with Gasteiger partial charge in [0.15, 0.2) is 0 Å². The third-order valence-electron chi connectivity index (χ3n) is 3.87. The van der Waals surface area contributed by atoms with Gasteiger partial charge in [0.05, 0.1) is 18.5 Å². The first kappa shape index (κ1) is 13.3. The number of pyridine rings is 1. The highest BCUT2D eigenvalue weighted by molar-refractivity contribution is 6.35. The molecule has 1 saturated heterocycles. The van der Waals surface area contributed by atoms with Gasteiger partial charge < -0.3 is 10.1 Å². The molecule has 1 aliphatic rings. The van der Waals surface area contributed by atoms with Crippen LogP contribution in [0.3, 0.4) is 0 Å². The van der Waals surface area contributed by atoms with Crippen molar-refractivity contribution in [3.8, 4) is 0 Å². The molecular formula is C15H15ClN2O2. The van der Waals surface area contributed by atoms with E-state index < -0.39 is 0 Å². The number of fused-ring (bicyclic) bond motifs is 1. The van der Waals surface area contributed by atoms with Crippen LogP contribution in [-0.4, -0.2) is 31.2 Å². The van der Waals surface area contributed by atoms with Crippen molar-refractivity contribution in [3.63, 3.8) is 0 Å². The summed E-state index contributed by atoms with van der Waals surface area (Å²) in [4.78, 5) is 16.3. The Bertz CT molecular complexity index is 659. The minimum atomic E-state index is -0.181. The largest absolute Gasteiger partial charge is 0.469 e. The molecule has 0 saturated carbocycles. The summed E-state index contributed by atoms with van der Waals surface area (Å²) in [5.74, 6) is -0.289. The molecule has 2 unspecified atom stereocenters. The Morgan fingerprint density at radius 2 is 2.25 bits per heavy atom. The van der Waals surface area contributed by atoms with E-state index in [1.807, 2.05) is 24.3 Å². The van der Waals surface area contributed by atoms with Crippen LogP contribution in [0.2, 0.25) is 5.02 Å². The summed E-state index contributed by atoms with van der Waals surface area (Å²) in [7, 11) is 1.43. The molecule has 0 amide bonds. The van der Waals surface area contributed by atoms with Gasteiger partial charge in [-0.15, -0.1) is 0 Å². The lowest BCUT2D eigenvalue weighted by Gasteiger charge is -2.18. The van der Waals surface area contributed by atoms with E-state index in [0.29, 0.717) is 11.6 Å². The van der Waals surface area contributed by atoms with Gasteiger partial charge in [-0.3, -0.25) is 9.78 Å². The molecule has 5 heteroatoms. The van der Waals surface area contributed by atoms with Gasteiger partial charge in [-0.1, -0.05) is 17.7 Å². The Balaban J connectivity index is 2.10. The van der Waals surface area contributed by atoms with Crippen molar-refractivity contribution in [2.24, 2.45) is 5.92 Å². The summed E-state index contributed by atoms with van der Waals surface area (Å²) < 4.78 is 4.90. The van der Waals surface area contributed by atoms with E-state index in [9.17, 15) is 4.79 Å². The first-order valence-corrected chi connectivity index (χ1v) is 6.92. The van der Waals surface area contributed by atoms with E-state index in [4.69, 9.17) is 16.3 Å². The van der Waals surface area contributed by atoms with Gasteiger partial charge >= 0.3 is 5.97 Å². The zero-order valence-electron chi connectivity index (χ0n) is 11.1. The molecule has 1 aliphatic heterocycles. The molecule has 1 fully saturated rings. The van der Waals surface area contributed by atoms with E-state index in [0.717, 1.165) is 23.0 Å². The van der Waals surface area contributed by atoms with Crippen LogP contribution >= 0.6 is 11.6 Å². The van der Waals surface area contributed by atoms with Crippen LogP contribution in [0.15, 0.2) is 30.5 Å². The molecule has 3 rings (SSSR count). The van der Waals surface area contributed by atoms with Gasteiger partial charge in [-0.2, -0.15) is 0 Å². The highest BCUT2D eigenvalue weighted by Gasteiger charge is 2.35. The van der Waals surface area contributed by atoms with Crippen LogP contribution in [0.5, 0.6) is 0 Å². The van der Waals surface area contributed by atoms with Crippen molar-refractivity contribution in [3.05, 3.63) is 41.0 Å². The molecule has 2 heterocycles. The second-order valence-corrected chi connectivity index (χ2v) is 5.34. The molecule has 2 aromatic rings. The van der Waals surface area contributed by atoms with Crippen LogP contribution in [0, 0.1) is 5.92 Å². The lowest BCUT2D eigenvalue weighted by atomic mass is 9.87. The molecule has 2 atom stereocenters. The number of esters is 1. The molecular weight excluding hydrogens is 276 g/mol. The Hall–Kier alpha value is -1.65. The number of methoxy groups -OCH3 is 1. The number of halogens is 1. The van der Waals surface area contributed by atoms with Crippen molar-refractivity contribution in [2.75, 3.05) is 20.2 Å². The van der Waals surface area contributed by atoms with Gasteiger partial charge in [-0.05, 0) is 23.8 Å². The van der Waals surface area contributed by atoms with Gasteiger partial charge in [0.2, 0.25) is 0 Å². The highest BCUT2D eigenvalue weighted by atomic mass is 35.5. The molecule has 20 heavy (non-hydrogen) atoms. The number of nitrogens with one attached hydrogen (secondary N) is 1. The van der Waals surface area contributed by atoms with Crippen LogP contribution in [-0.2, 0) is 9.53 Å². The van der Waals surface area contributed by atoms with E-state index in [1.165, 1.54) is 7.11 Å². The fraction of sp³-hybridized carbons (Fsp3) is 0.333. The monoisotopic (exact) mass is 290 g/mol. The Labute approximate surface area is 122 Å². The Morgan fingerprint density at radius 3 is 3.05 bits per heavy atom. The van der Waals surface area contributed by atoms with E-state index in [1.54, 1.807) is 6.20 Å². The number of benzene rings is 1. The van der Waals surface area contributed by atoms with Crippen molar-refractivity contribution in [1.82, 2.24) is 10.3 Å². The zero-order valence-corrected chi connectivity index (χ0v) is 11.9. The van der Waals surface area contributed by atoms with Crippen LogP contribution in [0.25, 0.3) is 10.9 Å². The van der Waals surface area contributed by atoms with Crippen molar-refractivity contribution >= 4 is 28.5 Å². The summed E-state index contributed by atoms with van der Waals surface area (Å²) in [6, 6.07) is 7.64. The Morgan fingerprint density at radius 1 is 1.40 bits per heavy atom. The quantitative estimate of drug-likeness (QED) is 0.863. The molecule has 0 aliphatic carbocycles. The fourth-order valence-corrected chi connectivity index (χ4v) is 3.08. The van der Waals surface area contributed by atoms with Crippen molar-refractivity contribution in [1.29, 1.82) is 0 Å². The summed E-state index contributed by atoms with van der Waals surface area (Å²) in [5.41, 5.74) is 1.91. The number of hydrogen-bond acceptors (Lipinski definition) is 4. The molecule has 1 N–H and O–H groups in total. The standard InChI is InChI=1S/C15H15ClN2O2/c1-20-15(19)12-8-17-7-11(12)9-4-5-13(16)10-3-2-6-18-14(9)10/h2-6,11-12,17H,7-8H2,1H3. The van der Waals surface area contributed by atoms with Crippen LogP contribution in [0.1, 0.15) is 11.5 Å². The molecule has 1 aromatic carbocycles. The number of aromatic nitrogens is 1. The third-order valence-corrected chi connectivity index (χ3v) is 4.19. The molecule has 0 radical (unpaired) electrons. The Kier molecular flexibility index (Phi) is 3.59. The summed E-state index contributed by atoms with van der Waals surface area (Å²) in [5, 5.41) is 4.85. The molecule has 4 nitrogen and oxygen atoms in total. The number of nitrogens with zero attached hydrogens (tertiary/aromatic N) is 1. The van der Waals surface area contributed by atoms with Crippen LogP contribution < -0.4 is 5.32 Å². The maximum absolute atomic E-state index is 11.9. The van der Waals surface area contributed by atoms with Gasteiger partial charge in [0.1, 0.15) is 0 Å². The average Bonchev–Trinajstić information content (AvgIpc) is 2.96. The SMILES string of the molecule is COC(=O)C1CNCC1c1ccc(Cl)c2cccnc12. The summed E-state index contributed by atoms with van der Waals surface area (Å²) in [6.07, 6.45) is 1.75. The number of rotatable bonds is 2. The minimum absolute atomic E-state index is 0.0668. The van der Waals surface area contributed by atoms with Gasteiger partial charge in [0.25, 0.3) is 0 Å². The number of carbonyl (C=O) groups excluding carboxylic acids is 1. The number of ether oxygens (including phenoxy) is 1. The second-order valence-electron chi connectivity index (χ2n) is 4.93. The molecule has 1 aromatic heterocycles. The third kappa shape index (κ3) is 2.15. The molecule has 0 spiro atoms. The predicted octanol–water partition coefficient (Wildman–Crippen LogP) is 2.36. The lowest BCUT2D eigenvalue weighted by Crippen LogP contribution is -2.23. The van der Waals surface area contributed by atoms with E-state index in [-0.39, 0.29) is 17.8 Å². The maximum atomic E-state index is 11.9. The minimum Gasteiger partial charge on any atom is -0.469 e. The topological polar surface area (TPSA) is 51.2 Å². The highest BCUT2D eigenvalue weighted by Crippen LogP contribution is 2.35. The average molecular weight is 291 g/mol. The normalized spacial score (nSPS) is 22.1. The summed E-state index contributed by atoms with van der Waals surface area (Å²) >= 11 is 6.21. The van der Waals surface area contributed by atoms with Crippen LogP contribution in [0.4, 0.5) is 0 Å². The lowest BCUT2D eigenvalue weighted by molar-refractivity contribution is -0.145. The van der Waals surface area contributed by atoms with Gasteiger partial charge in [0, 0.05) is 35.6 Å². The van der Waals surface area contributed by atoms with E-state index in [2.05, 4.69) is 10.3 Å². The maximum Gasteiger partial charge on any atom is 0.310 e. The second kappa shape index (κ2) is 5.38. The fourth-order valence-electron chi connectivity index (χ4n) is 2.86. The molecule has 0 bridgehead atoms. The zero-order chi connectivity index (χ0) is 14.1. The number of carbonyl (C=O) groups is 1. The first-order valence-electron chi connectivity index (χ1n) is 6.54. The first-order chi connectivity index (χ1) is 9.72. The predicted molar refractivity (Wildman–Crippen MR) is 77.9 cm³/mol. The van der Waals surface area contributed by atoms with E-state index >= 15 is 0 Å². The van der Waals surface area contributed by atoms with Gasteiger partial charge in [-0.25, -0.2) is 0 Å².